The number of hydrogen-bond acceptors (Lipinski definition) is 5. The molecule has 174 valence electrons. The molecule has 0 spiro atoms. The highest BCUT2D eigenvalue weighted by Gasteiger charge is 2.53. The fourth-order valence-corrected chi connectivity index (χ4v) is 5.81. The number of rotatable bonds is 4. The Bertz CT molecular complexity index is 1230. The number of nitriles is 1. The number of benzene rings is 2. The van der Waals surface area contributed by atoms with Crippen LogP contribution in [0.3, 0.4) is 0 Å². The zero-order valence-electron chi connectivity index (χ0n) is 19.4. The number of phenolic OH excluding ortho intramolecular Hbond substituents is 1. The number of fused-ring (bicyclic) bond motifs is 4. The minimum Gasteiger partial charge on any atom is -0.508 e. The number of carbonyl (C=O) groups excluding carboxylic acids is 1. The van der Waals surface area contributed by atoms with Crippen molar-refractivity contribution in [2.24, 2.45) is 0 Å². The molecule has 0 unspecified atom stereocenters. The van der Waals surface area contributed by atoms with Crippen LogP contribution >= 0.6 is 0 Å². The molecule has 1 aliphatic carbocycles. The predicted octanol–water partition coefficient (Wildman–Crippen LogP) is 4.48. The van der Waals surface area contributed by atoms with Gasteiger partial charge in [0.1, 0.15) is 5.75 Å². The van der Waals surface area contributed by atoms with Gasteiger partial charge in [-0.1, -0.05) is 13.0 Å². The first-order chi connectivity index (χ1) is 16.4. The Balaban J connectivity index is 1.48. The van der Waals surface area contributed by atoms with Crippen LogP contribution in [-0.2, 0) is 18.4 Å². The summed E-state index contributed by atoms with van der Waals surface area (Å²) in [7, 11) is 1.85. The van der Waals surface area contributed by atoms with E-state index in [-0.39, 0.29) is 29.3 Å². The number of aromatic hydroxyl groups is 1. The summed E-state index contributed by atoms with van der Waals surface area (Å²) in [5.74, 6) is 0.252. The van der Waals surface area contributed by atoms with Crippen LogP contribution < -0.4 is 5.32 Å². The predicted molar refractivity (Wildman–Crippen MR) is 128 cm³/mol. The number of likely N-dealkylation sites (tertiary alicyclic amines) is 1. The lowest BCUT2D eigenvalue weighted by Gasteiger charge is -2.57. The number of phenols is 1. The molecule has 2 heterocycles. The zero-order chi connectivity index (χ0) is 23.9. The molecule has 2 aromatic carbocycles. The van der Waals surface area contributed by atoms with E-state index < -0.39 is 0 Å². The van der Waals surface area contributed by atoms with Crippen LogP contribution in [0.2, 0.25) is 0 Å². The Morgan fingerprint density at radius 2 is 2.09 bits per heavy atom. The van der Waals surface area contributed by atoms with Crippen LogP contribution in [0, 0.1) is 11.3 Å². The molecule has 3 atom stereocenters. The lowest BCUT2D eigenvalue weighted by Crippen LogP contribution is -2.68. The highest BCUT2D eigenvalue weighted by atomic mass is 16.3. The van der Waals surface area contributed by atoms with Crippen LogP contribution in [-0.4, -0.2) is 46.6 Å². The topological polar surface area (TPSA) is 92.7 Å². The van der Waals surface area contributed by atoms with Gasteiger partial charge in [-0.05, 0) is 73.0 Å². The van der Waals surface area contributed by atoms with Crippen molar-refractivity contribution < 1.29 is 14.3 Å². The SMILES string of the molecule is CN(C(=O)Nc1ccc(C#N)cc1)[C@@H]1[C@H]2Cc3ccc(O)cc3[C@@]1(C)CCN2Cc1ccoc1. The van der Waals surface area contributed by atoms with Crippen LogP contribution in [0.4, 0.5) is 10.5 Å². The number of amides is 2. The highest BCUT2D eigenvalue weighted by Crippen LogP contribution is 2.48. The summed E-state index contributed by atoms with van der Waals surface area (Å²) >= 11 is 0. The number of piperidine rings is 1. The summed E-state index contributed by atoms with van der Waals surface area (Å²) in [5.41, 5.74) is 4.35. The fourth-order valence-electron chi connectivity index (χ4n) is 5.81. The van der Waals surface area contributed by atoms with Crippen molar-refractivity contribution in [3.05, 3.63) is 83.3 Å². The molecule has 7 nitrogen and oxygen atoms in total. The normalized spacial score (nSPS) is 23.6. The zero-order valence-corrected chi connectivity index (χ0v) is 19.4. The van der Waals surface area contributed by atoms with Crippen LogP contribution in [0.15, 0.2) is 65.5 Å². The average Bonchev–Trinajstić information content (AvgIpc) is 3.35. The van der Waals surface area contributed by atoms with Gasteiger partial charge in [0.15, 0.2) is 0 Å². The Morgan fingerprint density at radius 3 is 2.79 bits per heavy atom. The minimum atomic E-state index is -0.305. The van der Waals surface area contributed by atoms with Crippen molar-refractivity contribution >= 4 is 11.7 Å². The van der Waals surface area contributed by atoms with Gasteiger partial charge in [-0.2, -0.15) is 5.26 Å². The Hall–Kier alpha value is -3.76. The highest BCUT2D eigenvalue weighted by molar-refractivity contribution is 5.89. The van der Waals surface area contributed by atoms with Crippen molar-refractivity contribution in [3.63, 3.8) is 0 Å². The van der Waals surface area contributed by atoms with E-state index in [1.165, 1.54) is 5.56 Å². The van der Waals surface area contributed by atoms with Gasteiger partial charge >= 0.3 is 6.03 Å². The third-order valence-corrected chi connectivity index (χ3v) is 7.51. The first-order valence-corrected chi connectivity index (χ1v) is 11.5. The maximum absolute atomic E-state index is 13.4. The molecule has 0 radical (unpaired) electrons. The second-order valence-electron chi connectivity index (χ2n) is 9.56. The molecule has 1 aromatic heterocycles. The number of nitrogens with one attached hydrogen (secondary N) is 1. The van der Waals surface area contributed by atoms with Gasteiger partial charge in [-0.25, -0.2) is 4.79 Å². The second kappa shape index (κ2) is 8.54. The molecule has 1 aliphatic heterocycles. The monoisotopic (exact) mass is 456 g/mol. The van der Waals surface area contributed by atoms with Gasteiger partial charge in [0.05, 0.1) is 30.2 Å². The van der Waals surface area contributed by atoms with Gasteiger partial charge < -0.3 is 19.7 Å². The number of carbonyl (C=O) groups is 1. The van der Waals surface area contributed by atoms with Gasteiger partial charge in [0.2, 0.25) is 0 Å². The number of furan rings is 1. The van der Waals surface area contributed by atoms with Crippen molar-refractivity contribution in [1.29, 1.82) is 5.26 Å². The summed E-state index contributed by atoms with van der Waals surface area (Å²) in [5, 5.41) is 22.3. The summed E-state index contributed by atoms with van der Waals surface area (Å²) in [6.45, 7) is 3.86. The average molecular weight is 457 g/mol. The first kappa shape index (κ1) is 22.1. The quantitative estimate of drug-likeness (QED) is 0.604. The van der Waals surface area contributed by atoms with E-state index in [4.69, 9.17) is 9.68 Å². The lowest BCUT2D eigenvalue weighted by atomic mass is 9.61. The van der Waals surface area contributed by atoms with Crippen LogP contribution in [0.1, 0.15) is 35.6 Å². The van der Waals surface area contributed by atoms with Crippen molar-refractivity contribution in [3.8, 4) is 11.8 Å². The Kier molecular flexibility index (Phi) is 5.54. The summed E-state index contributed by atoms with van der Waals surface area (Å²) in [4.78, 5) is 17.7. The summed E-state index contributed by atoms with van der Waals surface area (Å²) in [6, 6.07) is 16.4. The molecular weight excluding hydrogens is 428 g/mol. The smallest absolute Gasteiger partial charge is 0.321 e. The van der Waals surface area contributed by atoms with E-state index in [0.717, 1.165) is 37.1 Å². The van der Waals surface area contributed by atoms with E-state index in [0.29, 0.717) is 11.3 Å². The number of urea groups is 1. The van der Waals surface area contributed by atoms with E-state index in [1.807, 2.05) is 30.1 Å². The number of likely N-dealkylation sites (N-methyl/N-ethyl adjacent to an activating group) is 1. The van der Waals surface area contributed by atoms with Gasteiger partial charge in [-0.15, -0.1) is 0 Å². The molecule has 2 amide bonds. The molecule has 0 saturated carbocycles. The van der Waals surface area contributed by atoms with E-state index >= 15 is 0 Å². The maximum atomic E-state index is 13.4. The molecule has 7 heteroatoms. The molecule has 1 fully saturated rings. The summed E-state index contributed by atoms with van der Waals surface area (Å²) in [6.07, 6.45) is 5.12. The summed E-state index contributed by atoms with van der Waals surface area (Å²) < 4.78 is 5.30. The van der Waals surface area contributed by atoms with Crippen molar-refractivity contribution in [2.45, 2.75) is 43.8 Å². The van der Waals surface area contributed by atoms with Crippen LogP contribution in [0.5, 0.6) is 5.75 Å². The standard InChI is InChI=1S/C27H28N4O3/c1-27-10-11-31(16-19-9-12-34-17-19)24(13-20-5-8-22(32)14-23(20)27)25(27)30(2)26(33)29-21-6-3-18(15-28)4-7-21/h3-9,12,14,17,24-25,32H,10-11,13,16H2,1-2H3,(H,29,33)/t24-,25-,27-/m1/s1. The third kappa shape index (κ3) is 3.80. The Labute approximate surface area is 199 Å². The molecule has 3 aromatic rings. The number of anilines is 1. The molecular formula is C27H28N4O3. The van der Waals surface area contributed by atoms with Gasteiger partial charge in [-0.3, -0.25) is 4.90 Å². The van der Waals surface area contributed by atoms with Gasteiger partial charge in [0.25, 0.3) is 0 Å². The van der Waals surface area contributed by atoms with E-state index in [9.17, 15) is 9.90 Å². The molecule has 2 aliphatic rings. The second-order valence-corrected chi connectivity index (χ2v) is 9.56. The minimum absolute atomic E-state index is 0.0965. The third-order valence-electron chi connectivity index (χ3n) is 7.51. The Morgan fingerprint density at radius 1 is 1.29 bits per heavy atom. The maximum Gasteiger partial charge on any atom is 0.321 e. The largest absolute Gasteiger partial charge is 0.508 e. The first-order valence-electron chi connectivity index (χ1n) is 11.5. The molecule has 2 N–H and O–H groups in total. The lowest BCUT2D eigenvalue weighted by molar-refractivity contribution is 0.00230. The van der Waals surface area contributed by atoms with E-state index in [1.54, 1.807) is 42.9 Å². The number of nitrogens with zero attached hydrogens (tertiary/aromatic N) is 3. The fraction of sp³-hybridized carbons (Fsp3) is 0.333. The van der Waals surface area contributed by atoms with Crippen LogP contribution in [0.25, 0.3) is 0 Å². The van der Waals surface area contributed by atoms with E-state index in [2.05, 4.69) is 23.2 Å². The molecule has 2 bridgehead atoms. The molecule has 5 rings (SSSR count). The number of hydrogen-bond donors (Lipinski definition) is 2. The molecule has 34 heavy (non-hydrogen) atoms. The molecule has 1 saturated heterocycles. The van der Waals surface area contributed by atoms with Crippen molar-refractivity contribution in [1.82, 2.24) is 9.80 Å². The van der Waals surface area contributed by atoms with Crippen molar-refractivity contribution in [2.75, 3.05) is 18.9 Å². The van der Waals surface area contributed by atoms with Gasteiger partial charge in [0, 0.05) is 36.3 Å².